The number of hydrogen-bond donors (Lipinski definition) is 1. The SMILES string of the molecule is O=C(O)c1cccnc1OCCl. The molecule has 0 amide bonds. The van der Waals surface area contributed by atoms with Crippen molar-refractivity contribution in [3.8, 4) is 5.88 Å². The molecule has 4 nitrogen and oxygen atoms in total. The molecule has 0 saturated heterocycles. The van der Waals surface area contributed by atoms with Crippen LogP contribution in [0, 0.1) is 0 Å². The first-order valence-corrected chi connectivity index (χ1v) is 3.66. The number of pyridine rings is 1. The Morgan fingerprint density at radius 2 is 2.50 bits per heavy atom. The van der Waals surface area contributed by atoms with Crippen LogP contribution in [0.1, 0.15) is 10.4 Å². The summed E-state index contributed by atoms with van der Waals surface area (Å²) in [6, 6.07) is 2.80. The summed E-state index contributed by atoms with van der Waals surface area (Å²) in [6.45, 7) is 0. The van der Waals surface area contributed by atoms with Gasteiger partial charge >= 0.3 is 5.97 Å². The molecule has 1 aromatic heterocycles. The van der Waals surface area contributed by atoms with Crippen molar-refractivity contribution in [1.29, 1.82) is 0 Å². The van der Waals surface area contributed by atoms with E-state index in [1.807, 2.05) is 0 Å². The van der Waals surface area contributed by atoms with Crippen molar-refractivity contribution >= 4 is 17.6 Å². The standard InChI is InChI=1S/C7H6ClNO3/c8-4-12-6-5(7(10)11)2-1-3-9-6/h1-3H,4H2,(H,10,11). The summed E-state index contributed by atoms with van der Waals surface area (Å²) < 4.78 is 4.77. The molecule has 0 unspecified atom stereocenters. The van der Waals surface area contributed by atoms with Gasteiger partial charge in [0.2, 0.25) is 5.88 Å². The van der Waals surface area contributed by atoms with Crippen LogP contribution in [0.4, 0.5) is 0 Å². The zero-order valence-electron chi connectivity index (χ0n) is 6.03. The molecule has 0 fully saturated rings. The largest absolute Gasteiger partial charge is 0.477 e. The molecule has 1 N–H and O–H groups in total. The molecule has 0 aliphatic rings. The average molecular weight is 188 g/mol. The fourth-order valence-corrected chi connectivity index (χ4v) is 0.824. The number of halogens is 1. The second-order valence-corrected chi connectivity index (χ2v) is 2.13. The molecule has 0 aliphatic carbocycles. The second kappa shape index (κ2) is 3.92. The fraction of sp³-hybridized carbons (Fsp3) is 0.143. The normalized spacial score (nSPS) is 9.42. The zero-order valence-corrected chi connectivity index (χ0v) is 6.78. The summed E-state index contributed by atoms with van der Waals surface area (Å²) in [7, 11) is 0. The van der Waals surface area contributed by atoms with E-state index >= 15 is 0 Å². The first-order chi connectivity index (χ1) is 5.75. The van der Waals surface area contributed by atoms with E-state index in [-0.39, 0.29) is 17.5 Å². The van der Waals surface area contributed by atoms with E-state index in [1.54, 1.807) is 0 Å². The van der Waals surface area contributed by atoms with Gasteiger partial charge in [0.25, 0.3) is 0 Å². The zero-order chi connectivity index (χ0) is 8.97. The molecule has 0 aromatic carbocycles. The number of alkyl halides is 1. The Balaban J connectivity index is 3.00. The molecule has 1 heterocycles. The Morgan fingerprint density at radius 3 is 3.08 bits per heavy atom. The van der Waals surface area contributed by atoms with Crippen LogP contribution >= 0.6 is 11.6 Å². The van der Waals surface area contributed by atoms with Crippen LogP contribution in [0.5, 0.6) is 5.88 Å². The predicted molar refractivity (Wildman–Crippen MR) is 42.5 cm³/mol. The number of carboxylic acid groups (broad SMARTS) is 1. The minimum absolute atomic E-state index is 0.0122. The summed E-state index contributed by atoms with van der Waals surface area (Å²) in [4.78, 5) is 14.2. The maximum Gasteiger partial charge on any atom is 0.341 e. The van der Waals surface area contributed by atoms with Crippen LogP contribution in [-0.4, -0.2) is 22.1 Å². The highest BCUT2D eigenvalue weighted by atomic mass is 35.5. The molecular formula is C7H6ClNO3. The quantitative estimate of drug-likeness (QED) is 0.726. The van der Waals surface area contributed by atoms with Crippen LogP contribution in [0.2, 0.25) is 0 Å². The summed E-state index contributed by atoms with van der Waals surface area (Å²) >= 11 is 5.26. The van der Waals surface area contributed by atoms with E-state index in [0.717, 1.165) is 0 Å². The summed E-state index contributed by atoms with van der Waals surface area (Å²) in [5, 5.41) is 8.63. The van der Waals surface area contributed by atoms with Gasteiger partial charge in [-0.3, -0.25) is 0 Å². The maximum absolute atomic E-state index is 10.5. The molecule has 1 aromatic rings. The number of nitrogens with zero attached hydrogens (tertiary/aromatic N) is 1. The molecule has 0 atom stereocenters. The van der Waals surface area contributed by atoms with Gasteiger partial charge in [0.05, 0.1) is 0 Å². The molecule has 0 aliphatic heterocycles. The van der Waals surface area contributed by atoms with Gasteiger partial charge < -0.3 is 9.84 Å². The number of aromatic nitrogens is 1. The monoisotopic (exact) mass is 187 g/mol. The molecule has 1 rings (SSSR count). The van der Waals surface area contributed by atoms with Gasteiger partial charge in [0, 0.05) is 6.20 Å². The second-order valence-electron chi connectivity index (χ2n) is 1.91. The predicted octanol–water partition coefficient (Wildman–Crippen LogP) is 1.35. The fourth-order valence-electron chi connectivity index (χ4n) is 0.720. The van der Waals surface area contributed by atoms with Crippen molar-refractivity contribution in [3.63, 3.8) is 0 Å². The summed E-state index contributed by atoms with van der Waals surface area (Å²) in [5.74, 6) is -1.04. The first kappa shape index (κ1) is 8.80. The molecule has 0 saturated carbocycles. The average Bonchev–Trinajstić information content (AvgIpc) is 2.05. The Kier molecular flexibility index (Phi) is 2.88. The van der Waals surface area contributed by atoms with Crippen LogP contribution < -0.4 is 4.74 Å². The minimum Gasteiger partial charge on any atom is -0.477 e. The van der Waals surface area contributed by atoms with Crippen LogP contribution in [0.25, 0.3) is 0 Å². The van der Waals surface area contributed by atoms with Crippen molar-refractivity contribution < 1.29 is 14.6 Å². The summed E-state index contributed by atoms with van der Waals surface area (Å²) in [6.07, 6.45) is 1.44. The molecular weight excluding hydrogens is 182 g/mol. The third-order valence-electron chi connectivity index (χ3n) is 1.19. The Labute approximate surface area is 73.8 Å². The van der Waals surface area contributed by atoms with Gasteiger partial charge in [-0.05, 0) is 12.1 Å². The third kappa shape index (κ3) is 1.85. The Bertz CT molecular complexity index is 290. The van der Waals surface area contributed by atoms with Gasteiger partial charge in [-0.15, -0.1) is 0 Å². The smallest absolute Gasteiger partial charge is 0.341 e. The number of rotatable bonds is 3. The molecule has 64 valence electrons. The lowest BCUT2D eigenvalue weighted by atomic mass is 10.3. The van der Waals surface area contributed by atoms with Gasteiger partial charge in [0.1, 0.15) is 5.56 Å². The number of ether oxygens (including phenoxy) is 1. The van der Waals surface area contributed by atoms with Gasteiger partial charge in [-0.1, -0.05) is 11.6 Å². The lowest BCUT2D eigenvalue weighted by molar-refractivity contribution is 0.0692. The van der Waals surface area contributed by atoms with Gasteiger partial charge in [-0.25, -0.2) is 9.78 Å². The number of hydrogen-bond acceptors (Lipinski definition) is 3. The topological polar surface area (TPSA) is 59.4 Å². The van der Waals surface area contributed by atoms with Crippen LogP contribution in [-0.2, 0) is 0 Å². The highest BCUT2D eigenvalue weighted by Gasteiger charge is 2.10. The molecule has 0 bridgehead atoms. The number of carboxylic acids is 1. The Hall–Kier alpha value is -1.29. The van der Waals surface area contributed by atoms with Crippen molar-refractivity contribution in [1.82, 2.24) is 4.98 Å². The van der Waals surface area contributed by atoms with E-state index in [4.69, 9.17) is 21.4 Å². The third-order valence-corrected chi connectivity index (χ3v) is 1.30. The molecule has 0 spiro atoms. The molecule has 5 heteroatoms. The molecule has 0 radical (unpaired) electrons. The number of carbonyl (C=O) groups is 1. The van der Waals surface area contributed by atoms with Crippen molar-refractivity contribution in [2.45, 2.75) is 0 Å². The number of aromatic carboxylic acids is 1. The van der Waals surface area contributed by atoms with Crippen LogP contribution in [0.15, 0.2) is 18.3 Å². The van der Waals surface area contributed by atoms with Crippen molar-refractivity contribution in [2.75, 3.05) is 6.07 Å². The highest BCUT2D eigenvalue weighted by Crippen LogP contribution is 2.13. The van der Waals surface area contributed by atoms with Gasteiger partial charge in [-0.2, -0.15) is 0 Å². The van der Waals surface area contributed by atoms with E-state index in [2.05, 4.69) is 4.98 Å². The van der Waals surface area contributed by atoms with E-state index in [1.165, 1.54) is 18.3 Å². The lowest BCUT2D eigenvalue weighted by Crippen LogP contribution is -2.03. The first-order valence-electron chi connectivity index (χ1n) is 3.12. The highest BCUT2D eigenvalue weighted by molar-refractivity contribution is 6.17. The van der Waals surface area contributed by atoms with Crippen LogP contribution in [0.3, 0.4) is 0 Å². The van der Waals surface area contributed by atoms with E-state index in [9.17, 15) is 4.79 Å². The summed E-state index contributed by atoms with van der Waals surface area (Å²) in [5.41, 5.74) is 0.0122. The van der Waals surface area contributed by atoms with Crippen molar-refractivity contribution in [2.24, 2.45) is 0 Å². The molecule has 12 heavy (non-hydrogen) atoms. The Morgan fingerprint density at radius 1 is 1.75 bits per heavy atom. The van der Waals surface area contributed by atoms with Crippen molar-refractivity contribution in [3.05, 3.63) is 23.9 Å². The minimum atomic E-state index is -1.08. The van der Waals surface area contributed by atoms with E-state index in [0.29, 0.717) is 0 Å². The lowest BCUT2D eigenvalue weighted by Gasteiger charge is -2.02. The van der Waals surface area contributed by atoms with E-state index < -0.39 is 5.97 Å². The maximum atomic E-state index is 10.5. The van der Waals surface area contributed by atoms with Gasteiger partial charge in [0.15, 0.2) is 6.07 Å².